The Bertz CT molecular complexity index is 764. The minimum absolute atomic E-state index is 0.562. The second kappa shape index (κ2) is 6.15. The highest BCUT2D eigenvalue weighted by Gasteiger charge is 2.13. The predicted molar refractivity (Wildman–Crippen MR) is 85.8 cm³/mol. The molecule has 0 radical (unpaired) electrons. The predicted octanol–water partition coefficient (Wildman–Crippen LogP) is 4.01. The van der Waals surface area contributed by atoms with Crippen molar-refractivity contribution in [2.24, 2.45) is 0 Å². The van der Waals surface area contributed by atoms with Gasteiger partial charge in [-0.05, 0) is 37.6 Å². The lowest BCUT2D eigenvalue weighted by atomic mass is 10.1. The Morgan fingerprint density at radius 3 is 2.59 bits per heavy atom. The number of nitrogens with zero attached hydrogens (tertiary/aromatic N) is 3. The van der Waals surface area contributed by atoms with E-state index in [1.807, 2.05) is 44.2 Å². The molecule has 0 aliphatic rings. The summed E-state index contributed by atoms with van der Waals surface area (Å²) in [6.45, 7) is 4.40. The fourth-order valence-corrected chi connectivity index (χ4v) is 2.34. The monoisotopic (exact) mass is 314 g/mol. The fraction of sp³-hybridized carbons (Fsp3) is 0.188. The molecule has 2 aromatic heterocycles. The number of hydrogen-bond acceptors (Lipinski definition) is 5. The van der Waals surface area contributed by atoms with Gasteiger partial charge in [-0.15, -0.1) is 0 Å². The SMILES string of the molecule is Cc1noc(C)c1-c1ccnc(NCc2ccc(Cl)cc2)n1. The topological polar surface area (TPSA) is 63.8 Å². The van der Waals surface area contributed by atoms with Crippen LogP contribution < -0.4 is 5.32 Å². The van der Waals surface area contributed by atoms with E-state index in [0.717, 1.165) is 33.3 Å². The summed E-state index contributed by atoms with van der Waals surface area (Å²) < 4.78 is 5.19. The fourth-order valence-electron chi connectivity index (χ4n) is 2.22. The van der Waals surface area contributed by atoms with E-state index in [1.54, 1.807) is 6.20 Å². The summed E-state index contributed by atoms with van der Waals surface area (Å²) >= 11 is 5.88. The maximum atomic E-state index is 5.88. The summed E-state index contributed by atoms with van der Waals surface area (Å²) in [7, 11) is 0. The molecule has 6 heteroatoms. The summed E-state index contributed by atoms with van der Waals surface area (Å²) in [5.74, 6) is 1.31. The van der Waals surface area contributed by atoms with E-state index in [4.69, 9.17) is 16.1 Å². The van der Waals surface area contributed by atoms with Crippen molar-refractivity contribution in [1.29, 1.82) is 0 Å². The van der Waals surface area contributed by atoms with E-state index in [1.165, 1.54) is 0 Å². The molecule has 2 heterocycles. The molecule has 0 bridgehead atoms. The van der Waals surface area contributed by atoms with Crippen molar-refractivity contribution in [1.82, 2.24) is 15.1 Å². The minimum Gasteiger partial charge on any atom is -0.361 e. The zero-order chi connectivity index (χ0) is 15.5. The second-order valence-electron chi connectivity index (χ2n) is 4.94. The van der Waals surface area contributed by atoms with E-state index in [9.17, 15) is 0 Å². The van der Waals surface area contributed by atoms with Crippen LogP contribution in [0.1, 0.15) is 17.0 Å². The van der Waals surface area contributed by atoms with Crippen molar-refractivity contribution in [2.75, 3.05) is 5.32 Å². The Morgan fingerprint density at radius 1 is 1.14 bits per heavy atom. The smallest absolute Gasteiger partial charge is 0.223 e. The third-order valence-electron chi connectivity index (χ3n) is 3.31. The van der Waals surface area contributed by atoms with Gasteiger partial charge in [0.1, 0.15) is 5.76 Å². The van der Waals surface area contributed by atoms with Crippen LogP contribution in [0, 0.1) is 13.8 Å². The van der Waals surface area contributed by atoms with Gasteiger partial charge in [-0.2, -0.15) is 0 Å². The summed E-state index contributed by atoms with van der Waals surface area (Å²) in [5, 5.41) is 7.88. The average molecular weight is 315 g/mol. The molecule has 3 aromatic rings. The van der Waals surface area contributed by atoms with E-state index < -0.39 is 0 Å². The standard InChI is InChI=1S/C16H15ClN4O/c1-10-15(11(2)22-21-10)14-7-8-18-16(20-14)19-9-12-3-5-13(17)6-4-12/h3-8H,9H2,1-2H3,(H,18,19,20). The first kappa shape index (κ1) is 14.5. The minimum atomic E-state index is 0.562. The lowest BCUT2D eigenvalue weighted by molar-refractivity contribution is 0.393. The van der Waals surface area contributed by atoms with Crippen LogP contribution in [0.15, 0.2) is 41.1 Å². The lowest BCUT2D eigenvalue weighted by Gasteiger charge is -2.06. The van der Waals surface area contributed by atoms with Gasteiger partial charge in [0.15, 0.2) is 0 Å². The van der Waals surface area contributed by atoms with Gasteiger partial charge in [-0.1, -0.05) is 28.9 Å². The summed E-state index contributed by atoms with van der Waals surface area (Å²) in [6.07, 6.45) is 1.72. The molecular formula is C16H15ClN4O. The molecule has 0 amide bonds. The zero-order valence-corrected chi connectivity index (χ0v) is 13.1. The first-order chi connectivity index (χ1) is 10.6. The molecule has 0 unspecified atom stereocenters. The summed E-state index contributed by atoms with van der Waals surface area (Å²) in [6, 6.07) is 9.50. The second-order valence-corrected chi connectivity index (χ2v) is 5.38. The van der Waals surface area contributed by atoms with Gasteiger partial charge in [-0.25, -0.2) is 9.97 Å². The number of anilines is 1. The largest absolute Gasteiger partial charge is 0.361 e. The molecule has 0 fully saturated rings. The Hall–Kier alpha value is -2.40. The molecular weight excluding hydrogens is 300 g/mol. The van der Waals surface area contributed by atoms with Gasteiger partial charge < -0.3 is 9.84 Å². The first-order valence-corrected chi connectivity index (χ1v) is 7.26. The van der Waals surface area contributed by atoms with Gasteiger partial charge in [-0.3, -0.25) is 0 Å². The lowest BCUT2D eigenvalue weighted by Crippen LogP contribution is -2.04. The van der Waals surface area contributed by atoms with E-state index in [0.29, 0.717) is 12.5 Å². The Kier molecular flexibility index (Phi) is 4.06. The molecule has 5 nitrogen and oxygen atoms in total. The van der Waals surface area contributed by atoms with Crippen LogP contribution in [0.25, 0.3) is 11.3 Å². The van der Waals surface area contributed by atoms with Gasteiger partial charge in [0.2, 0.25) is 5.95 Å². The van der Waals surface area contributed by atoms with Crippen molar-refractivity contribution in [3.8, 4) is 11.3 Å². The molecule has 0 saturated heterocycles. The number of aromatic nitrogens is 3. The van der Waals surface area contributed by atoms with Crippen molar-refractivity contribution < 1.29 is 4.52 Å². The maximum Gasteiger partial charge on any atom is 0.223 e. The highest BCUT2D eigenvalue weighted by atomic mass is 35.5. The van der Waals surface area contributed by atoms with Gasteiger partial charge in [0.25, 0.3) is 0 Å². The number of benzene rings is 1. The third kappa shape index (κ3) is 3.09. The third-order valence-corrected chi connectivity index (χ3v) is 3.56. The molecule has 0 aliphatic carbocycles. The molecule has 112 valence electrons. The quantitative estimate of drug-likeness (QED) is 0.788. The van der Waals surface area contributed by atoms with Crippen LogP contribution in [0.5, 0.6) is 0 Å². The van der Waals surface area contributed by atoms with Crippen molar-refractivity contribution in [2.45, 2.75) is 20.4 Å². The van der Waals surface area contributed by atoms with Crippen LogP contribution in [0.4, 0.5) is 5.95 Å². The molecule has 0 saturated carbocycles. The van der Waals surface area contributed by atoms with Crippen LogP contribution in [-0.2, 0) is 6.54 Å². The molecule has 1 aromatic carbocycles. The molecule has 0 spiro atoms. The van der Waals surface area contributed by atoms with Gasteiger partial charge >= 0.3 is 0 Å². The number of halogens is 1. The number of hydrogen-bond donors (Lipinski definition) is 1. The number of nitrogens with one attached hydrogen (secondary N) is 1. The molecule has 3 rings (SSSR count). The van der Waals surface area contributed by atoms with Gasteiger partial charge in [0, 0.05) is 17.8 Å². The van der Waals surface area contributed by atoms with Crippen molar-refractivity contribution in [3.05, 3.63) is 58.6 Å². The average Bonchev–Trinajstić information content (AvgIpc) is 2.86. The number of aryl methyl sites for hydroxylation is 2. The highest BCUT2D eigenvalue weighted by Crippen LogP contribution is 2.25. The van der Waals surface area contributed by atoms with Gasteiger partial charge in [0.05, 0.1) is 17.0 Å². The molecule has 0 aliphatic heterocycles. The normalized spacial score (nSPS) is 10.7. The summed E-state index contributed by atoms with van der Waals surface area (Å²) in [4.78, 5) is 8.76. The van der Waals surface area contributed by atoms with Crippen LogP contribution in [0.3, 0.4) is 0 Å². The van der Waals surface area contributed by atoms with Crippen molar-refractivity contribution >= 4 is 17.5 Å². The van der Waals surface area contributed by atoms with E-state index in [2.05, 4.69) is 20.4 Å². The van der Waals surface area contributed by atoms with Crippen LogP contribution >= 0.6 is 11.6 Å². The zero-order valence-electron chi connectivity index (χ0n) is 12.3. The molecule has 1 N–H and O–H groups in total. The summed E-state index contributed by atoms with van der Waals surface area (Å²) in [5.41, 5.74) is 3.64. The van der Waals surface area contributed by atoms with Crippen LogP contribution in [-0.4, -0.2) is 15.1 Å². The Balaban J connectivity index is 1.78. The van der Waals surface area contributed by atoms with E-state index in [-0.39, 0.29) is 0 Å². The first-order valence-electron chi connectivity index (χ1n) is 6.88. The Morgan fingerprint density at radius 2 is 1.91 bits per heavy atom. The van der Waals surface area contributed by atoms with Crippen LogP contribution in [0.2, 0.25) is 5.02 Å². The Labute approximate surface area is 133 Å². The molecule has 0 atom stereocenters. The molecule has 22 heavy (non-hydrogen) atoms. The number of rotatable bonds is 4. The van der Waals surface area contributed by atoms with Crippen molar-refractivity contribution in [3.63, 3.8) is 0 Å². The maximum absolute atomic E-state index is 5.88. The highest BCUT2D eigenvalue weighted by molar-refractivity contribution is 6.30. The van der Waals surface area contributed by atoms with E-state index >= 15 is 0 Å².